The summed E-state index contributed by atoms with van der Waals surface area (Å²) in [6, 6.07) is 0. The normalized spacial score (nSPS) is 10.8. The molecule has 1 rings (SSSR count). The van der Waals surface area contributed by atoms with Crippen molar-refractivity contribution in [3.05, 3.63) is 18.7 Å². The van der Waals surface area contributed by atoms with E-state index in [1.807, 2.05) is 18.7 Å². The van der Waals surface area contributed by atoms with Gasteiger partial charge in [0.15, 0.2) is 0 Å². The number of hydrogen-bond donors (Lipinski definition) is 1. The van der Waals surface area contributed by atoms with Crippen LogP contribution in [0.25, 0.3) is 0 Å². The van der Waals surface area contributed by atoms with Gasteiger partial charge < -0.3 is 10.3 Å². The molecule has 0 amide bonds. The fraction of sp³-hybridized carbons (Fsp3) is 0.769. The van der Waals surface area contributed by atoms with Crippen molar-refractivity contribution in [3.63, 3.8) is 0 Å². The maximum absolute atomic E-state index is 5.45. The maximum Gasteiger partial charge on any atom is 0.0945 e. The number of rotatable bonds is 10. The van der Waals surface area contributed by atoms with Gasteiger partial charge in [0.25, 0.3) is 0 Å². The predicted octanol–water partition coefficient (Wildman–Crippen LogP) is 2.96. The Bertz CT molecular complexity index is 231. The Morgan fingerprint density at radius 3 is 2.06 bits per heavy atom. The van der Waals surface area contributed by atoms with Gasteiger partial charge in [-0.25, -0.2) is 4.98 Å². The van der Waals surface area contributed by atoms with Gasteiger partial charge in [-0.1, -0.05) is 38.5 Å². The van der Waals surface area contributed by atoms with Crippen molar-refractivity contribution in [2.45, 2.75) is 57.9 Å². The summed E-state index contributed by atoms with van der Waals surface area (Å²) in [4.78, 5) is 4.03. The lowest BCUT2D eigenvalue weighted by Crippen LogP contribution is -1.97. The predicted molar refractivity (Wildman–Crippen MR) is 68.2 cm³/mol. The third kappa shape index (κ3) is 6.62. The molecule has 0 spiro atoms. The van der Waals surface area contributed by atoms with Crippen LogP contribution in [0.4, 0.5) is 0 Å². The molecule has 3 heteroatoms. The van der Waals surface area contributed by atoms with Gasteiger partial charge >= 0.3 is 0 Å². The SMILES string of the molecule is NCCCCCCCCCCn1ccnc1. The van der Waals surface area contributed by atoms with Gasteiger partial charge in [-0.3, -0.25) is 0 Å². The summed E-state index contributed by atoms with van der Waals surface area (Å²) in [6.07, 6.45) is 16.4. The summed E-state index contributed by atoms with van der Waals surface area (Å²) >= 11 is 0. The van der Waals surface area contributed by atoms with Crippen molar-refractivity contribution < 1.29 is 0 Å². The first kappa shape index (κ1) is 13.2. The molecule has 1 aromatic rings. The Balaban J connectivity index is 1.78. The molecule has 0 aliphatic carbocycles. The number of aryl methyl sites for hydroxylation is 1. The summed E-state index contributed by atoms with van der Waals surface area (Å²) in [5.74, 6) is 0. The number of nitrogens with zero attached hydrogens (tertiary/aromatic N) is 2. The van der Waals surface area contributed by atoms with Crippen LogP contribution in [0, 0.1) is 0 Å². The monoisotopic (exact) mass is 223 g/mol. The second-order valence-electron chi connectivity index (χ2n) is 4.42. The molecule has 0 saturated carbocycles. The summed E-state index contributed by atoms with van der Waals surface area (Å²) in [6.45, 7) is 1.97. The highest BCUT2D eigenvalue weighted by Gasteiger charge is 1.93. The average Bonchev–Trinajstić information content (AvgIpc) is 2.80. The zero-order valence-corrected chi connectivity index (χ0v) is 10.3. The first-order chi connectivity index (χ1) is 7.93. The quantitative estimate of drug-likeness (QED) is 0.620. The number of imidazole rings is 1. The molecule has 16 heavy (non-hydrogen) atoms. The van der Waals surface area contributed by atoms with E-state index < -0.39 is 0 Å². The van der Waals surface area contributed by atoms with E-state index in [-0.39, 0.29) is 0 Å². The molecule has 0 atom stereocenters. The van der Waals surface area contributed by atoms with Crippen molar-refractivity contribution in [2.75, 3.05) is 6.54 Å². The number of nitrogens with two attached hydrogens (primary N) is 1. The van der Waals surface area contributed by atoms with Crippen molar-refractivity contribution >= 4 is 0 Å². The first-order valence-electron chi connectivity index (χ1n) is 6.59. The maximum atomic E-state index is 5.45. The van der Waals surface area contributed by atoms with Crippen LogP contribution in [0.5, 0.6) is 0 Å². The average molecular weight is 223 g/mol. The minimum Gasteiger partial charge on any atom is -0.337 e. The molecule has 2 N–H and O–H groups in total. The molecule has 0 saturated heterocycles. The highest BCUT2D eigenvalue weighted by Crippen LogP contribution is 2.08. The molecular weight excluding hydrogens is 198 g/mol. The fourth-order valence-corrected chi connectivity index (χ4v) is 1.92. The van der Waals surface area contributed by atoms with Gasteiger partial charge in [0.2, 0.25) is 0 Å². The van der Waals surface area contributed by atoms with E-state index in [1.165, 1.54) is 51.4 Å². The minimum absolute atomic E-state index is 0.852. The lowest BCUT2D eigenvalue weighted by Gasteiger charge is -2.02. The zero-order valence-electron chi connectivity index (χ0n) is 10.3. The van der Waals surface area contributed by atoms with Crippen LogP contribution in [0.15, 0.2) is 18.7 Å². The van der Waals surface area contributed by atoms with Crippen LogP contribution in [0.1, 0.15) is 51.4 Å². The fourth-order valence-electron chi connectivity index (χ4n) is 1.92. The Kier molecular flexibility index (Phi) is 7.78. The van der Waals surface area contributed by atoms with Crippen LogP contribution in [-0.2, 0) is 6.54 Å². The van der Waals surface area contributed by atoms with Gasteiger partial charge in [-0.05, 0) is 19.4 Å². The van der Waals surface area contributed by atoms with Crippen LogP contribution in [0.2, 0.25) is 0 Å². The summed E-state index contributed by atoms with van der Waals surface area (Å²) in [5, 5.41) is 0. The van der Waals surface area contributed by atoms with E-state index in [9.17, 15) is 0 Å². The lowest BCUT2D eigenvalue weighted by molar-refractivity contribution is 0.541. The van der Waals surface area contributed by atoms with Crippen molar-refractivity contribution in [1.82, 2.24) is 9.55 Å². The standard InChI is InChI=1S/C13H25N3/c14-9-7-5-3-1-2-4-6-8-11-16-12-10-15-13-16/h10,12-13H,1-9,11,14H2. The molecule has 0 aromatic carbocycles. The molecule has 0 aliphatic heterocycles. The van der Waals surface area contributed by atoms with E-state index in [0.717, 1.165) is 13.1 Å². The highest BCUT2D eigenvalue weighted by atomic mass is 15.0. The van der Waals surface area contributed by atoms with Gasteiger partial charge in [0.05, 0.1) is 6.33 Å². The van der Waals surface area contributed by atoms with Crippen LogP contribution in [-0.4, -0.2) is 16.1 Å². The Labute approximate surface area is 99.1 Å². The second-order valence-corrected chi connectivity index (χ2v) is 4.42. The van der Waals surface area contributed by atoms with Crippen LogP contribution >= 0.6 is 0 Å². The number of unbranched alkanes of at least 4 members (excludes halogenated alkanes) is 7. The lowest BCUT2D eigenvalue weighted by atomic mass is 10.1. The van der Waals surface area contributed by atoms with Crippen molar-refractivity contribution in [3.8, 4) is 0 Å². The molecule has 0 fully saturated rings. The molecule has 0 radical (unpaired) electrons. The van der Waals surface area contributed by atoms with Gasteiger partial charge in [-0.2, -0.15) is 0 Å². The van der Waals surface area contributed by atoms with Crippen molar-refractivity contribution in [2.24, 2.45) is 5.73 Å². The Morgan fingerprint density at radius 2 is 1.50 bits per heavy atom. The summed E-state index contributed by atoms with van der Waals surface area (Å²) in [7, 11) is 0. The van der Waals surface area contributed by atoms with E-state index >= 15 is 0 Å². The zero-order chi connectivity index (χ0) is 11.5. The molecule has 3 nitrogen and oxygen atoms in total. The largest absolute Gasteiger partial charge is 0.337 e. The molecule has 0 unspecified atom stereocenters. The minimum atomic E-state index is 0.852. The van der Waals surface area contributed by atoms with Crippen LogP contribution in [0.3, 0.4) is 0 Å². The number of hydrogen-bond acceptors (Lipinski definition) is 2. The van der Waals surface area contributed by atoms with E-state index in [4.69, 9.17) is 5.73 Å². The van der Waals surface area contributed by atoms with Gasteiger partial charge in [-0.15, -0.1) is 0 Å². The van der Waals surface area contributed by atoms with E-state index in [2.05, 4.69) is 9.55 Å². The number of aromatic nitrogens is 2. The first-order valence-corrected chi connectivity index (χ1v) is 6.59. The van der Waals surface area contributed by atoms with Gasteiger partial charge in [0.1, 0.15) is 0 Å². The van der Waals surface area contributed by atoms with Gasteiger partial charge in [0, 0.05) is 18.9 Å². The third-order valence-corrected chi connectivity index (χ3v) is 2.93. The highest BCUT2D eigenvalue weighted by molar-refractivity contribution is 4.73. The second kappa shape index (κ2) is 9.40. The Morgan fingerprint density at radius 1 is 0.875 bits per heavy atom. The molecule has 0 aliphatic rings. The summed E-state index contributed by atoms with van der Waals surface area (Å²) < 4.78 is 2.15. The third-order valence-electron chi connectivity index (χ3n) is 2.93. The van der Waals surface area contributed by atoms with Crippen molar-refractivity contribution in [1.29, 1.82) is 0 Å². The topological polar surface area (TPSA) is 43.8 Å². The summed E-state index contributed by atoms with van der Waals surface area (Å²) in [5.41, 5.74) is 5.45. The molecular formula is C13H25N3. The molecule has 1 aromatic heterocycles. The van der Waals surface area contributed by atoms with E-state index in [1.54, 1.807) is 0 Å². The van der Waals surface area contributed by atoms with Crippen LogP contribution < -0.4 is 5.73 Å². The molecule has 1 heterocycles. The molecule has 0 bridgehead atoms. The smallest absolute Gasteiger partial charge is 0.0945 e. The van der Waals surface area contributed by atoms with E-state index in [0.29, 0.717) is 0 Å². The molecule has 92 valence electrons. The Hall–Kier alpha value is -0.830.